The number of fused-ring (bicyclic) bond motifs is 1. The summed E-state index contributed by atoms with van der Waals surface area (Å²) in [7, 11) is 0. The Hall–Kier alpha value is -2.64. The smallest absolute Gasteiger partial charge is 0.226 e. The zero-order valence-corrected chi connectivity index (χ0v) is 17.6. The minimum Gasteiger partial charge on any atom is -0.323 e. The molecule has 150 valence electrons. The highest BCUT2D eigenvalue weighted by atomic mass is 32.2. The average Bonchev–Trinajstić information content (AvgIpc) is 2.68. The summed E-state index contributed by atoms with van der Waals surface area (Å²) in [5, 5.41) is 10.6. The van der Waals surface area contributed by atoms with Gasteiger partial charge in [0.2, 0.25) is 11.9 Å². The molecule has 2 heterocycles. The molecule has 1 saturated heterocycles. The number of rotatable bonds is 5. The van der Waals surface area contributed by atoms with Crippen molar-refractivity contribution < 1.29 is 4.79 Å². The molecule has 0 saturated carbocycles. The molecule has 4 rings (SSSR count). The van der Waals surface area contributed by atoms with Crippen molar-refractivity contribution in [1.82, 2.24) is 20.6 Å². The Morgan fingerprint density at radius 2 is 1.83 bits per heavy atom. The van der Waals surface area contributed by atoms with E-state index >= 15 is 0 Å². The van der Waals surface area contributed by atoms with Gasteiger partial charge in [-0.3, -0.25) is 10.1 Å². The number of nitrogens with one attached hydrogen (secondary N) is 3. The van der Waals surface area contributed by atoms with E-state index in [4.69, 9.17) is 0 Å². The lowest BCUT2D eigenvalue weighted by molar-refractivity contribution is -0.123. The number of hydrogen-bond donors (Lipinski definition) is 3. The maximum absolute atomic E-state index is 12.2. The van der Waals surface area contributed by atoms with E-state index in [0.29, 0.717) is 12.4 Å². The van der Waals surface area contributed by atoms with E-state index in [-0.39, 0.29) is 11.9 Å². The summed E-state index contributed by atoms with van der Waals surface area (Å²) in [4.78, 5) is 22.6. The van der Waals surface area contributed by atoms with Gasteiger partial charge in [-0.25, -0.2) is 9.97 Å². The fourth-order valence-corrected chi connectivity index (χ4v) is 4.32. The molecule has 1 aromatic heterocycles. The lowest BCUT2D eigenvalue weighted by Crippen LogP contribution is -2.60. The first kappa shape index (κ1) is 19.7. The van der Waals surface area contributed by atoms with Gasteiger partial charge in [0.1, 0.15) is 0 Å². The van der Waals surface area contributed by atoms with Crippen LogP contribution < -0.4 is 16.0 Å². The van der Waals surface area contributed by atoms with Gasteiger partial charge < -0.3 is 10.6 Å². The van der Waals surface area contributed by atoms with E-state index in [9.17, 15) is 4.79 Å². The van der Waals surface area contributed by atoms with Crippen molar-refractivity contribution in [3.63, 3.8) is 0 Å². The summed E-state index contributed by atoms with van der Waals surface area (Å²) in [6.45, 7) is 6.11. The number of carbonyl (C=O) groups is 1. The highest BCUT2D eigenvalue weighted by Gasteiger charge is 2.26. The van der Waals surface area contributed by atoms with Gasteiger partial charge in [0.25, 0.3) is 0 Å². The molecule has 6 nitrogen and oxygen atoms in total. The Kier molecular flexibility index (Phi) is 5.69. The molecule has 1 aliphatic rings. The van der Waals surface area contributed by atoms with Gasteiger partial charge in [-0.05, 0) is 45.0 Å². The van der Waals surface area contributed by atoms with Gasteiger partial charge in [0.15, 0.2) is 6.29 Å². The van der Waals surface area contributed by atoms with E-state index in [1.54, 1.807) is 11.8 Å². The van der Waals surface area contributed by atoms with Crippen molar-refractivity contribution in [2.24, 2.45) is 0 Å². The Labute approximate surface area is 174 Å². The minimum atomic E-state index is -0.401. The lowest BCUT2D eigenvalue weighted by Gasteiger charge is -2.32. The maximum Gasteiger partial charge on any atom is 0.226 e. The average molecular weight is 408 g/mol. The number of aryl methyl sites for hydroxylation is 3. The van der Waals surface area contributed by atoms with Gasteiger partial charge >= 0.3 is 0 Å². The summed E-state index contributed by atoms with van der Waals surface area (Å²) in [6.07, 6.45) is 0.0515. The molecule has 1 amide bonds. The van der Waals surface area contributed by atoms with E-state index in [0.717, 1.165) is 22.3 Å². The number of anilines is 1. The van der Waals surface area contributed by atoms with Crippen LogP contribution >= 0.6 is 11.8 Å². The quantitative estimate of drug-likeness (QED) is 0.562. The largest absolute Gasteiger partial charge is 0.323 e. The fourth-order valence-electron chi connectivity index (χ4n) is 3.39. The van der Waals surface area contributed by atoms with Crippen LogP contribution in [0.4, 0.5) is 5.95 Å². The van der Waals surface area contributed by atoms with Crippen LogP contribution in [0, 0.1) is 20.8 Å². The van der Waals surface area contributed by atoms with Gasteiger partial charge in [-0.2, -0.15) is 0 Å². The van der Waals surface area contributed by atoms with Crippen LogP contribution in [-0.2, 0) is 4.79 Å². The van der Waals surface area contributed by atoms with Crippen LogP contribution in [-0.4, -0.2) is 34.0 Å². The number of thioether (sulfide) groups is 1. The molecule has 29 heavy (non-hydrogen) atoms. The predicted molar refractivity (Wildman–Crippen MR) is 118 cm³/mol. The molecule has 3 aromatic rings. The second kappa shape index (κ2) is 8.39. The normalized spacial score (nSPS) is 19.2. The van der Waals surface area contributed by atoms with Crippen molar-refractivity contribution in [2.45, 2.75) is 44.4 Å². The Bertz CT molecular complexity index is 1040. The number of aromatic nitrogens is 2. The number of amides is 1. The number of hydrogen-bond acceptors (Lipinski definition) is 6. The third kappa shape index (κ3) is 4.86. The summed E-state index contributed by atoms with van der Waals surface area (Å²) in [5.41, 5.74) is 4.23. The van der Waals surface area contributed by atoms with E-state index in [2.05, 4.69) is 70.1 Å². The van der Waals surface area contributed by atoms with Crippen LogP contribution in [0.1, 0.15) is 23.2 Å². The molecule has 1 aliphatic heterocycles. The summed E-state index contributed by atoms with van der Waals surface area (Å²) >= 11 is 1.75. The summed E-state index contributed by atoms with van der Waals surface area (Å²) in [5.74, 6) is 1.33. The molecule has 3 N–H and O–H groups in total. The highest BCUT2D eigenvalue weighted by molar-refractivity contribution is 7.99. The van der Waals surface area contributed by atoms with Crippen LogP contribution in [0.25, 0.3) is 10.9 Å². The molecule has 7 heteroatoms. The molecular formula is C22H25N5OS. The molecule has 0 bridgehead atoms. The van der Waals surface area contributed by atoms with E-state index in [1.807, 2.05) is 19.1 Å². The standard InChI is InChI=1S/C22H25N5OS/c1-13-4-7-17(8-5-13)29-12-16-11-20(28)26-22(24-16)27-21-23-15(3)18-10-14(2)6-9-19(18)25-21/h4-10,16,22,24H,11-12H2,1-3H3,(H,26,28)(H,23,25,27). The molecule has 2 unspecified atom stereocenters. The molecule has 1 fully saturated rings. The fraction of sp³-hybridized carbons (Fsp3) is 0.318. The molecule has 2 atom stereocenters. The third-order valence-corrected chi connectivity index (χ3v) is 6.10. The van der Waals surface area contributed by atoms with Crippen LogP contribution in [0.2, 0.25) is 0 Å². The van der Waals surface area contributed by atoms with Crippen molar-refractivity contribution in [1.29, 1.82) is 0 Å². The Balaban J connectivity index is 1.43. The van der Waals surface area contributed by atoms with Crippen LogP contribution in [0.15, 0.2) is 47.4 Å². The SMILES string of the molecule is Cc1ccc(SCC2CC(=O)NC(Nc3nc(C)c4cc(C)ccc4n3)N2)cc1. The molecule has 0 spiro atoms. The van der Waals surface area contributed by atoms with Gasteiger partial charge in [-0.15, -0.1) is 11.8 Å². The zero-order valence-electron chi connectivity index (χ0n) is 16.8. The Morgan fingerprint density at radius 3 is 2.62 bits per heavy atom. The van der Waals surface area contributed by atoms with Crippen molar-refractivity contribution >= 4 is 34.5 Å². The van der Waals surface area contributed by atoms with Gasteiger partial charge in [0, 0.05) is 28.5 Å². The summed E-state index contributed by atoms with van der Waals surface area (Å²) in [6, 6.07) is 14.6. The van der Waals surface area contributed by atoms with Gasteiger partial charge in [-0.1, -0.05) is 29.3 Å². The predicted octanol–water partition coefficient (Wildman–Crippen LogP) is 3.52. The number of nitrogens with zero attached hydrogens (tertiary/aromatic N) is 2. The zero-order chi connectivity index (χ0) is 20.4. The summed E-state index contributed by atoms with van der Waals surface area (Å²) < 4.78 is 0. The number of benzene rings is 2. The molecule has 0 radical (unpaired) electrons. The monoisotopic (exact) mass is 407 g/mol. The maximum atomic E-state index is 12.2. The third-order valence-electron chi connectivity index (χ3n) is 4.93. The number of carbonyl (C=O) groups excluding carboxylic acids is 1. The van der Waals surface area contributed by atoms with E-state index < -0.39 is 6.29 Å². The first-order valence-corrected chi connectivity index (χ1v) is 10.7. The first-order chi connectivity index (χ1) is 14.0. The van der Waals surface area contributed by atoms with Gasteiger partial charge in [0.05, 0.1) is 11.2 Å². The molecular weight excluding hydrogens is 382 g/mol. The van der Waals surface area contributed by atoms with Crippen molar-refractivity contribution in [3.05, 3.63) is 59.3 Å². The Morgan fingerprint density at radius 1 is 1.07 bits per heavy atom. The first-order valence-electron chi connectivity index (χ1n) is 9.73. The van der Waals surface area contributed by atoms with Crippen molar-refractivity contribution in [3.8, 4) is 0 Å². The topological polar surface area (TPSA) is 78.9 Å². The highest BCUT2D eigenvalue weighted by Crippen LogP contribution is 2.22. The lowest BCUT2D eigenvalue weighted by atomic mass is 10.1. The minimum absolute atomic E-state index is 0.0175. The molecule has 0 aliphatic carbocycles. The van der Waals surface area contributed by atoms with E-state index in [1.165, 1.54) is 16.0 Å². The molecule has 2 aromatic carbocycles. The van der Waals surface area contributed by atoms with Crippen LogP contribution in [0.5, 0.6) is 0 Å². The van der Waals surface area contributed by atoms with Crippen molar-refractivity contribution in [2.75, 3.05) is 11.1 Å². The van der Waals surface area contributed by atoms with Crippen LogP contribution in [0.3, 0.4) is 0 Å². The second-order valence-electron chi connectivity index (χ2n) is 7.49. The second-order valence-corrected chi connectivity index (χ2v) is 8.58.